The minimum absolute atomic E-state index is 0.362. The second-order valence-corrected chi connectivity index (χ2v) is 8.38. The number of nitrogens with zero attached hydrogens (tertiary/aromatic N) is 1. The summed E-state index contributed by atoms with van der Waals surface area (Å²) in [6.45, 7) is 7.23. The molecule has 23 heavy (non-hydrogen) atoms. The summed E-state index contributed by atoms with van der Waals surface area (Å²) in [5.74, 6) is 2.07. The molecule has 2 heteroatoms. The molecule has 1 aromatic carbocycles. The summed E-state index contributed by atoms with van der Waals surface area (Å²) >= 11 is 0. The lowest BCUT2D eigenvalue weighted by molar-refractivity contribution is -0.0176. The van der Waals surface area contributed by atoms with Gasteiger partial charge >= 0.3 is 0 Å². The van der Waals surface area contributed by atoms with Crippen LogP contribution in [0.3, 0.4) is 0 Å². The van der Waals surface area contributed by atoms with Crippen molar-refractivity contribution in [2.45, 2.75) is 70.3 Å². The molecule has 1 aliphatic heterocycles. The predicted octanol–water partition coefficient (Wildman–Crippen LogP) is 4.50. The van der Waals surface area contributed by atoms with Gasteiger partial charge in [-0.15, -0.1) is 0 Å². The van der Waals surface area contributed by atoms with Crippen molar-refractivity contribution in [3.63, 3.8) is 0 Å². The summed E-state index contributed by atoms with van der Waals surface area (Å²) in [5.41, 5.74) is 3.38. The molecule has 1 heterocycles. The van der Waals surface area contributed by atoms with Crippen LogP contribution < -0.4 is 0 Å². The van der Waals surface area contributed by atoms with Gasteiger partial charge in [0, 0.05) is 18.0 Å². The fourth-order valence-electron chi connectivity index (χ4n) is 5.83. The summed E-state index contributed by atoms with van der Waals surface area (Å²) in [6, 6.07) is 6.94. The lowest BCUT2D eigenvalue weighted by atomic mass is 9.52. The number of phenols is 1. The minimum Gasteiger partial charge on any atom is -0.508 e. The number of aromatic hydroxyl groups is 1. The molecular weight excluding hydrogens is 282 g/mol. The van der Waals surface area contributed by atoms with Gasteiger partial charge in [0.1, 0.15) is 5.75 Å². The van der Waals surface area contributed by atoms with Gasteiger partial charge in [-0.05, 0) is 67.3 Å². The average molecular weight is 313 g/mol. The number of rotatable bonds is 3. The first-order chi connectivity index (χ1) is 11.1. The Hall–Kier alpha value is -1.02. The number of hydrogen-bond donors (Lipinski definition) is 1. The maximum atomic E-state index is 10.1. The van der Waals surface area contributed by atoms with Crippen LogP contribution in [0.2, 0.25) is 0 Å². The molecule has 4 atom stereocenters. The molecule has 3 aliphatic rings. The summed E-state index contributed by atoms with van der Waals surface area (Å²) < 4.78 is 0. The molecule has 4 rings (SSSR count). The van der Waals surface area contributed by atoms with Gasteiger partial charge in [0.05, 0.1) is 0 Å². The minimum atomic E-state index is 0.362. The van der Waals surface area contributed by atoms with E-state index >= 15 is 0 Å². The van der Waals surface area contributed by atoms with Crippen LogP contribution in [0.1, 0.15) is 63.5 Å². The molecule has 2 aliphatic carbocycles. The Kier molecular flexibility index (Phi) is 3.91. The van der Waals surface area contributed by atoms with E-state index in [0.29, 0.717) is 11.2 Å². The Balaban J connectivity index is 1.73. The number of piperidine rings is 1. The zero-order chi connectivity index (χ0) is 16.0. The van der Waals surface area contributed by atoms with Crippen LogP contribution >= 0.6 is 0 Å². The first kappa shape index (κ1) is 15.5. The molecule has 0 radical (unpaired) electrons. The molecule has 1 aromatic rings. The molecule has 126 valence electrons. The molecular formula is C21H31NO. The van der Waals surface area contributed by atoms with Gasteiger partial charge in [0.2, 0.25) is 0 Å². The van der Waals surface area contributed by atoms with Crippen LogP contribution in [0.15, 0.2) is 18.2 Å². The van der Waals surface area contributed by atoms with Crippen molar-refractivity contribution in [1.82, 2.24) is 4.90 Å². The SMILES string of the molecule is CCC(C)CN1CC[C@@]23CCCC[C@H]2[C@H]1Cc1ccc(O)cc13. The van der Waals surface area contributed by atoms with E-state index in [0.717, 1.165) is 17.9 Å². The van der Waals surface area contributed by atoms with Gasteiger partial charge in [0.15, 0.2) is 0 Å². The smallest absolute Gasteiger partial charge is 0.115 e. The maximum Gasteiger partial charge on any atom is 0.115 e. The fourth-order valence-corrected chi connectivity index (χ4v) is 5.83. The van der Waals surface area contributed by atoms with E-state index in [9.17, 15) is 5.11 Å². The van der Waals surface area contributed by atoms with Crippen LogP contribution in [-0.4, -0.2) is 29.1 Å². The predicted molar refractivity (Wildman–Crippen MR) is 94.9 cm³/mol. The molecule has 0 amide bonds. The molecule has 2 nitrogen and oxygen atoms in total. The molecule has 2 bridgehead atoms. The zero-order valence-corrected chi connectivity index (χ0v) is 14.7. The fraction of sp³-hybridized carbons (Fsp3) is 0.714. The van der Waals surface area contributed by atoms with E-state index in [4.69, 9.17) is 0 Å². The van der Waals surface area contributed by atoms with E-state index in [1.807, 2.05) is 6.07 Å². The first-order valence-corrected chi connectivity index (χ1v) is 9.70. The van der Waals surface area contributed by atoms with Gasteiger partial charge < -0.3 is 5.11 Å². The molecule has 1 unspecified atom stereocenters. The summed E-state index contributed by atoms with van der Waals surface area (Å²) in [5, 5.41) is 10.1. The Labute approximate surface area is 140 Å². The van der Waals surface area contributed by atoms with Gasteiger partial charge in [-0.2, -0.15) is 0 Å². The zero-order valence-electron chi connectivity index (χ0n) is 14.7. The second kappa shape index (κ2) is 5.81. The maximum absolute atomic E-state index is 10.1. The van der Waals surface area contributed by atoms with Crippen molar-refractivity contribution in [1.29, 1.82) is 0 Å². The van der Waals surface area contributed by atoms with E-state index in [-0.39, 0.29) is 0 Å². The van der Waals surface area contributed by atoms with Gasteiger partial charge in [0.25, 0.3) is 0 Å². The highest BCUT2D eigenvalue weighted by Crippen LogP contribution is 2.56. The number of phenolic OH excluding ortho intramolecular Hbond substituents is 1. The Morgan fingerprint density at radius 1 is 1.30 bits per heavy atom. The van der Waals surface area contributed by atoms with Gasteiger partial charge in [-0.25, -0.2) is 0 Å². The Bertz CT molecular complexity index is 583. The second-order valence-electron chi connectivity index (χ2n) is 8.38. The largest absolute Gasteiger partial charge is 0.508 e. The van der Waals surface area contributed by atoms with Gasteiger partial charge in [-0.1, -0.05) is 39.2 Å². The van der Waals surface area contributed by atoms with E-state index < -0.39 is 0 Å². The van der Waals surface area contributed by atoms with Crippen molar-refractivity contribution < 1.29 is 5.11 Å². The Morgan fingerprint density at radius 3 is 3.00 bits per heavy atom. The van der Waals surface area contributed by atoms with E-state index in [1.54, 1.807) is 0 Å². The van der Waals surface area contributed by atoms with Crippen molar-refractivity contribution in [2.75, 3.05) is 13.1 Å². The lowest BCUT2D eigenvalue weighted by Crippen LogP contribution is -2.61. The van der Waals surface area contributed by atoms with Crippen LogP contribution in [-0.2, 0) is 11.8 Å². The van der Waals surface area contributed by atoms with Crippen LogP contribution in [0.25, 0.3) is 0 Å². The van der Waals surface area contributed by atoms with Crippen LogP contribution in [0.5, 0.6) is 5.75 Å². The monoisotopic (exact) mass is 313 g/mol. The average Bonchev–Trinajstić information content (AvgIpc) is 2.57. The van der Waals surface area contributed by atoms with E-state index in [2.05, 4.69) is 30.9 Å². The van der Waals surface area contributed by atoms with E-state index in [1.165, 1.54) is 69.2 Å². The summed E-state index contributed by atoms with van der Waals surface area (Å²) in [4.78, 5) is 2.82. The quantitative estimate of drug-likeness (QED) is 0.888. The van der Waals surface area contributed by atoms with Crippen LogP contribution in [0, 0.1) is 11.8 Å². The highest BCUT2D eigenvalue weighted by molar-refractivity contribution is 5.45. The number of likely N-dealkylation sites (tertiary alicyclic amines) is 1. The third-order valence-corrected chi connectivity index (χ3v) is 7.18. The lowest BCUT2D eigenvalue weighted by Gasteiger charge is -2.59. The molecule has 0 spiro atoms. The number of hydrogen-bond acceptors (Lipinski definition) is 2. The standard InChI is InChI=1S/C21H31NO/c1-3-15(2)14-22-11-10-21-9-5-4-6-18(21)20(22)12-16-7-8-17(23)13-19(16)21/h7-8,13,15,18,20,23H,3-6,9-12,14H2,1-2H3/t15?,18-,20+,21-/m0/s1. The molecule has 0 aromatic heterocycles. The summed E-state index contributed by atoms with van der Waals surface area (Å²) in [7, 11) is 0. The first-order valence-electron chi connectivity index (χ1n) is 9.70. The summed E-state index contributed by atoms with van der Waals surface area (Å²) in [6.07, 6.45) is 9.25. The third kappa shape index (κ3) is 2.41. The number of benzene rings is 1. The van der Waals surface area contributed by atoms with Crippen molar-refractivity contribution >= 4 is 0 Å². The van der Waals surface area contributed by atoms with Crippen LogP contribution in [0.4, 0.5) is 0 Å². The highest BCUT2D eigenvalue weighted by atomic mass is 16.3. The topological polar surface area (TPSA) is 23.5 Å². The van der Waals surface area contributed by atoms with Crippen molar-refractivity contribution in [3.8, 4) is 5.75 Å². The van der Waals surface area contributed by atoms with Gasteiger partial charge in [-0.3, -0.25) is 4.90 Å². The molecule has 1 N–H and O–H groups in total. The normalized spacial score (nSPS) is 34.5. The Morgan fingerprint density at radius 2 is 2.17 bits per heavy atom. The van der Waals surface area contributed by atoms with Crippen molar-refractivity contribution in [3.05, 3.63) is 29.3 Å². The number of fused-ring (bicyclic) bond motifs is 1. The van der Waals surface area contributed by atoms with Crippen molar-refractivity contribution in [2.24, 2.45) is 11.8 Å². The molecule has 2 fully saturated rings. The molecule has 1 saturated carbocycles. The molecule has 1 saturated heterocycles. The highest BCUT2D eigenvalue weighted by Gasteiger charge is 2.53. The third-order valence-electron chi connectivity index (χ3n) is 7.18.